The summed E-state index contributed by atoms with van der Waals surface area (Å²) < 4.78 is 5.24. The third kappa shape index (κ3) is 10.2. The Morgan fingerprint density at radius 3 is 2.41 bits per heavy atom. The Balaban J connectivity index is 1.17. The summed E-state index contributed by atoms with van der Waals surface area (Å²) in [6.45, 7) is 3.35. The van der Waals surface area contributed by atoms with Gasteiger partial charge in [0.05, 0.1) is 19.6 Å². The number of nitrogen functional groups attached to an aromatic ring is 1. The molecule has 2 unspecified atom stereocenters. The molecule has 9 heteroatoms. The van der Waals surface area contributed by atoms with Crippen molar-refractivity contribution in [2.75, 3.05) is 25.9 Å². The number of aliphatic hydroxyl groups is 1. The van der Waals surface area contributed by atoms with Crippen molar-refractivity contribution in [2.45, 2.75) is 44.9 Å². The summed E-state index contributed by atoms with van der Waals surface area (Å²) >= 11 is 0. The Kier molecular flexibility index (Phi) is 11.9. The number of hydrogen-bond donors (Lipinski definition) is 5. The van der Waals surface area contributed by atoms with E-state index in [0.717, 1.165) is 34.4 Å². The Morgan fingerprint density at radius 1 is 0.909 bits per heavy atom. The number of nitrogens with zero attached hydrogens (tertiary/aromatic N) is 1. The monoisotopic (exact) mass is 595 g/mol. The maximum Gasteiger partial charge on any atom is 0.251 e. The van der Waals surface area contributed by atoms with E-state index in [4.69, 9.17) is 10.5 Å². The molecular weight excluding hydrogens is 554 g/mol. The van der Waals surface area contributed by atoms with Gasteiger partial charge >= 0.3 is 0 Å². The molecule has 230 valence electrons. The van der Waals surface area contributed by atoms with Gasteiger partial charge in [-0.3, -0.25) is 9.59 Å². The van der Waals surface area contributed by atoms with Crippen molar-refractivity contribution in [3.63, 3.8) is 0 Å². The number of pyridine rings is 1. The van der Waals surface area contributed by atoms with Gasteiger partial charge in [0.15, 0.2) is 0 Å². The van der Waals surface area contributed by atoms with Crippen LogP contribution < -0.4 is 26.4 Å². The van der Waals surface area contributed by atoms with E-state index in [0.29, 0.717) is 43.0 Å². The normalized spacial score (nSPS) is 12.2. The van der Waals surface area contributed by atoms with E-state index in [1.165, 1.54) is 0 Å². The zero-order chi connectivity index (χ0) is 31.3. The summed E-state index contributed by atoms with van der Waals surface area (Å²) in [5.41, 5.74) is 10.9. The molecule has 0 radical (unpaired) electrons. The molecule has 0 saturated carbocycles. The summed E-state index contributed by atoms with van der Waals surface area (Å²) in [4.78, 5) is 29.2. The average molecular weight is 596 g/mol. The van der Waals surface area contributed by atoms with E-state index in [1.807, 2.05) is 60.7 Å². The summed E-state index contributed by atoms with van der Waals surface area (Å²) in [6.07, 6.45) is 2.64. The second kappa shape index (κ2) is 16.2. The van der Waals surface area contributed by atoms with E-state index in [1.54, 1.807) is 37.6 Å². The van der Waals surface area contributed by atoms with E-state index in [-0.39, 0.29) is 24.3 Å². The van der Waals surface area contributed by atoms with Gasteiger partial charge in [0.1, 0.15) is 11.6 Å². The van der Waals surface area contributed by atoms with Gasteiger partial charge in [-0.2, -0.15) is 0 Å². The minimum atomic E-state index is -0.677. The highest BCUT2D eigenvalue weighted by molar-refractivity contribution is 5.94. The SMILES string of the molecule is COc1cccc(CCNC(=O)c2ccc(CNC(=O)Cc3cccc(CC(C)NCC(O)c4ccc(N)nc4)c3)cc2)c1. The molecule has 0 spiro atoms. The number of rotatable bonds is 15. The lowest BCUT2D eigenvalue weighted by molar-refractivity contribution is -0.120. The first-order valence-electron chi connectivity index (χ1n) is 14.8. The summed E-state index contributed by atoms with van der Waals surface area (Å²) in [7, 11) is 1.63. The van der Waals surface area contributed by atoms with Gasteiger partial charge in [-0.05, 0) is 72.4 Å². The fraction of sp³-hybridized carbons (Fsp3) is 0.286. The number of methoxy groups -OCH3 is 1. The van der Waals surface area contributed by atoms with E-state index >= 15 is 0 Å². The molecule has 0 saturated heterocycles. The number of anilines is 1. The van der Waals surface area contributed by atoms with Gasteiger partial charge in [0, 0.05) is 43.0 Å². The van der Waals surface area contributed by atoms with E-state index in [9.17, 15) is 14.7 Å². The number of amides is 2. The number of nitrogens with two attached hydrogens (primary N) is 1. The van der Waals surface area contributed by atoms with Crippen LogP contribution >= 0.6 is 0 Å². The number of benzene rings is 3. The number of hydrogen-bond acceptors (Lipinski definition) is 7. The molecule has 1 heterocycles. The maximum absolute atomic E-state index is 12.7. The molecule has 4 aromatic rings. The van der Waals surface area contributed by atoms with Crippen molar-refractivity contribution in [1.29, 1.82) is 0 Å². The van der Waals surface area contributed by atoms with Gasteiger partial charge in [0.25, 0.3) is 5.91 Å². The van der Waals surface area contributed by atoms with Gasteiger partial charge in [-0.15, -0.1) is 0 Å². The Labute approximate surface area is 258 Å². The first kappa shape index (κ1) is 32.2. The minimum absolute atomic E-state index is 0.0760. The molecule has 4 rings (SSSR count). The summed E-state index contributed by atoms with van der Waals surface area (Å²) in [6, 6.07) is 26.6. The summed E-state index contributed by atoms with van der Waals surface area (Å²) in [5, 5.41) is 19.7. The molecule has 9 nitrogen and oxygen atoms in total. The average Bonchev–Trinajstić information content (AvgIpc) is 3.03. The zero-order valence-electron chi connectivity index (χ0n) is 25.3. The lowest BCUT2D eigenvalue weighted by Crippen LogP contribution is -2.32. The fourth-order valence-electron chi connectivity index (χ4n) is 4.81. The standard InChI is InChI=1S/C35H41N5O4/c1-24(38-23-32(41)30-13-14-33(36)39-22-30)17-27-6-3-7-28(18-27)20-34(42)40-21-26-9-11-29(12-10-26)35(43)37-16-15-25-5-4-8-31(19-25)44-2/h3-14,18-19,22,24,32,38,41H,15-17,20-21,23H2,1-2H3,(H2,36,39)(H,37,43)(H,40,42). The van der Waals surface area contributed by atoms with Crippen LogP contribution in [0.5, 0.6) is 5.75 Å². The van der Waals surface area contributed by atoms with Crippen molar-refractivity contribution in [3.05, 3.63) is 125 Å². The highest BCUT2D eigenvalue weighted by Crippen LogP contribution is 2.14. The van der Waals surface area contributed by atoms with Crippen molar-refractivity contribution in [1.82, 2.24) is 20.9 Å². The van der Waals surface area contributed by atoms with Crippen molar-refractivity contribution >= 4 is 17.6 Å². The minimum Gasteiger partial charge on any atom is -0.497 e. The van der Waals surface area contributed by atoms with Gasteiger partial charge < -0.3 is 31.5 Å². The second-order valence-corrected chi connectivity index (χ2v) is 10.9. The first-order chi connectivity index (χ1) is 21.3. The number of ether oxygens (including phenoxy) is 1. The van der Waals surface area contributed by atoms with Gasteiger partial charge in [0.2, 0.25) is 5.91 Å². The highest BCUT2D eigenvalue weighted by atomic mass is 16.5. The predicted molar refractivity (Wildman–Crippen MR) is 172 cm³/mol. The van der Waals surface area contributed by atoms with Crippen molar-refractivity contribution in [2.24, 2.45) is 0 Å². The number of carbonyl (C=O) groups excluding carboxylic acids is 2. The largest absolute Gasteiger partial charge is 0.497 e. The number of aliphatic hydroxyl groups excluding tert-OH is 1. The third-order valence-electron chi connectivity index (χ3n) is 7.29. The van der Waals surface area contributed by atoms with Crippen LogP contribution in [0, 0.1) is 0 Å². The molecule has 0 bridgehead atoms. The van der Waals surface area contributed by atoms with Crippen LogP contribution in [0.25, 0.3) is 0 Å². The van der Waals surface area contributed by atoms with Gasteiger partial charge in [-0.1, -0.05) is 54.6 Å². The third-order valence-corrected chi connectivity index (χ3v) is 7.29. The van der Waals surface area contributed by atoms with Crippen LogP contribution in [-0.4, -0.2) is 48.1 Å². The molecule has 3 aromatic carbocycles. The van der Waals surface area contributed by atoms with Crippen LogP contribution in [-0.2, 0) is 30.6 Å². The van der Waals surface area contributed by atoms with E-state index < -0.39 is 6.10 Å². The number of aromatic nitrogens is 1. The van der Waals surface area contributed by atoms with Crippen LogP contribution in [0.1, 0.15) is 51.2 Å². The lowest BCUT2D eigenvalue weighted by Gasteiger charge is -2.18. The number of carbonyl (C=O) groups is 2. The second-order valence-electron chi connectivity index (χ2n) is 10.9. The molecule has 2 amide bonds. The van der Waals surface area contributed by atoms with Crippen molar-refractivity contribution in [3.8, 4) is 5.75 Å². The smallest absolute Gasteiger partial charge is 0.251 e. The van der Waals surface area contributed by atoms with Crippen LogP contribution in [0.4, 0.5) is 5.82 Å². The van der Waals surface area contributed by atoms with E-state index in [2.05, 4.69) is 27.9 Å². The molecule has 44 heavy (non-hydrogen) atoms. The molecular formula is C35H41N5O4. The molecule has 1 aromatic heterocycles. The summed E-state index contributed by atoms with van der Waals surface area (Å²) in [5.74, 6) is 1.01. The number of nitrogens with one attached hydrogen (secondary N) is 3. The first-order valence-corrected chi connectivity index (χ1v) is 14.8. The lowest BCUT2D eigenvalue weighted by atomic mass is 10.0. The van der Waals surface area contributed by atoms with Gasteiger partial charge in [-0.25, -0.2) is 4.98 Å². The predicted octanol–water partition coefficient (Wildman–Crippen LogP) is 3.76. The molecule has 0 aliphatic heterocycles. The van der Waals surface area contributed by atoms with Crippen LogP contribution in [0.3, 0.4) is 0 Å². The van der Waals surface area contributed by atoms with Crippen LogP contribution in [0.2, 0.25) is 0 Å². The zero-order valence-corrected chi connectivity index (χ0v) is 25.3. The molecule has 0 aliphatic carbocycles. The Bertz CT molecular complexity index is 1510. The molecule has 0 aliphatic rings. The highest BCUT2D eigenvalue weighted by Gasteiger charge is 2.12. The van der Waals surface area contributed by atoms with Crippen LogP contribution in [0.15, 0.2) is 91.1 Å². The van der Waals surface area contributed by atoms with Crippen molar-refractivity contribution < 1.29 is 19.4 Å². The Morgan fingerprint density at radius 2 is 1.66 bits per heavy atom. The molecule has 0 fully saturated rings. The molecule has 6 N–H and O–H groups in total. The molecule has 2 atom stereocenters. The quantitative estimate of drug-likeness (QED) is 0.141. The maximum atomic E-state index is 12.7. The Hall–Kier alpha value is -4.73. The fourth-order valence-corrected chi connectivity index (χ4v) is 4.81. The topological polar surface area (TPSA) is 139 Å².